The number of nitrogen functional groups attached to an aromatic ring is 1. The Morgan fingerprint density at radius 2 is 1.95 bits per heavy atom. The molecule has 0 bridgehead atoms. The summed E-state index contributed by atoms with van der Waals surface area (Å²) in [6.45, 7) is 0.643. The summed E-state index contributed by atoms with van der Waals surface area (Å²) in [7, 11) is 1.41. The van der Waals surface area contributed by atoms with E-state index in [0.717, 1.165) is 12.0 Å². The topological polar surface area (TPSA) is 67.5 Å². The number of nitrogens with one attached hydrogen (secondary N) is 1. The zero-order valence-corrected chi connectivity index (χ0v) is 11.2. The number of anilines is 2. The Bertz CT molecular complexity index is 585. The molecular weight excluding hydrogens is 259 g/mol. The third-order valence-electron chi connectivity index (χ3n) is 2.99. The maximum atomic E-state index is 13.4. The van der Waals surface area contributed by atoms with Crippen molar-refractivity contribution in [2.75, 3.05) is 24.7 Å². The first-order valence-corrected chi connectivity index (χ1v) is 6.25. The standard InChI is InChI=1S/C15H17FN2O2/c1-20-15-9-14(13(17)8-12(15)16)18-7-6-10-2-4-11(19)5-3-10/h2-5,8-9,18-19H,6-7,17H2,1H3. The van der Waals surface area contributed by atoms with Crippen LogP contribution in [0.25, 0.3) is 0 Å². The molecule has 0 saturated heterocycles. The fraction of sp³-hybridized carbons (Fsp3) is 0.200. The van der Waals surface area contributed by atoms with Gasteiger partial charge in [-0.3, -0.25) is 0 Å². The molecule has 4 N–H and O–H groups in total. The lowest BCUT2D eigenvalue weighted by Gasteiger charge is -2.12. The second kappa shape index (κ2) is 6.14. The number of nitrogens with two attached hydrogens (primary N) is 1. The van der Waals surface area contributed by atoms with E-state index in [9.17, 15) is 9.50 Å². The summed E-state index contributed by atoms with van der Waals surface area (Å²) < 4.78 is 18.3. The maximum absolute atomic E-state index is 13.4. The molecule has 0 aromatic heterocycles. The molecule has 0 unspecified atom stereocenters. The van der Waals surface area contributed by atoms with Crippen LogP contribution in [0, 0.1) is 5.82 Å². The number of phenols is 1. The summed E-state index contributed by atoms with van der Waals surface area (Å²) in [5.74, 6) is -0.0744. The number of methoxy groups -OCH3 is 1. The lowest BCUT2D eigenvalue weighted by molar-refractivity contribution is 0.387. The Morgan fingerprint density at radius 1 is 1.25 bits per heavy atom. The molecule has 0 radical (unpaired) electrons. The lowest BCUT2D eigenvalue weighted by atomic mass is 10.1. The zero-order valence-electron chi connectivity index (χ0n) is 11.2. The highest BCUT2D eigenvalue weighted by atomic mass is 19.1. The van der Waals surface area contributed by atoms with Gasteiger partial charge in [0.15, 0.2) is 11.6 Å². The average molecular weight is 276 g/mol. The van der Waals surface area contributed by atoms with Gasteiger partial charge in [0.2, 0.25) is 0 Å². The van der Waals surface area contributed by atoms with Crippen LogP contribution in [-0.4, -0.2) is 18.8 Å². The molecule has 2 aromatic carbocycles. The van der Waals surface area contributed by atoms with Crippen molar-refractivity contribution in [2.24, 2.45) is 0 Å². The van der Waals surface area contributed by atoms with Gasteiger partial charge in [-0.15, -0.1) is 0 Å². The molecule has 4 nitrogen and oxygen atoms in total. The van der Waals surface area contributed by atoms with Crippen LogP contribution in [0.4, 0.5) is 15.8 Å². The van der Waals surface area contributed by atoms with Gasteiger partial charge in [-0.2, -0.15) is 0 Å². The van der Waals surface area contributed by atoms with E-state index in [-0.39, 0.29) is 11.5 Å². The Labute approximate surface area is 117 Å². The summed E-state index contributed by atoms with van der Waals surface area (Å²) in [5, 5.41) is 12.3. The number of aromatic hydroxyl groups is 1. The Hall–Kier alpha value is -2.43. The first-order chi connectivity index (χ1) is 9.60. The molecule has 0 spiro atoms. The minimum absolute atomic E-state index is 0.159. The smallest absolute Gasteiger partial charge is 0.167 e. The van der Waals surface area contributed by atoms with Crippen LogP contribution in [0.2, 0.25) is 0 Å². The molecule has 0 aliphatic carbocycles. The Kier molecular flexibility index (Phi) is 4.30. The molecule has 0 heterocycles. The molecule has 0 aliphatic heterocycles. The summed E-state index contributed by atoms with van der Waals surface area (Å²) in [4.78, 5) is 0. The third-order valence-corrected chi connectivity index (χ3v) is 2.99. The van der Waals surface area contributed by atoms with Crippen LogP contribution < -0.4 is 15.8 Å². The minimum Gasteiger partial charge on any atom is -0.508 e. The van der Waals surface area contributed by atoms with E-state index >= 15 is 0 Å². The van der Waals surface area contributed by atoms with Crippen LogP contribution >= 0.6 is 0 Å². The SMILES string of the molecule is COc1cc(NCCc2ccc(O)cc2)c(N)cc1F. The van der Waals surface area contributed by atoms with Crippen molar-refractivity contribution < 1.29 is 14.2 Å². The summed E-state index contributed by atoms with van der Waals surface area (Å²) in [5.41, 5.74) is 7.82. The predicted molar refractivity (Wildman–Crippen MR) is 77.7 cm³/mol. The summed E-state index contributed by atoms with van der Waals surface area (Å²) in [6.07, 6.45) is 0.763. The van der Waals surface area contributed by atoms with Crippen molar-refractivity contribution in [3.05, 3.63) is 47.8 Å². The highest BCUT2D eigenvalue weighted by Gasteiger charge is 2.07. The summed E-state index contributed by atoms with van der Waals surface area (Å²) >= 11 is 0. The van der Waals surface area contributed by atoms with E-state index < -0.39 is 5.82 Å². The molecule has 0 aliphatic rings. The van der Waals surface area contributed by atoms with Crippen molar-refractivity contribution in [2.45, 2.75) is 6.42 Å². The third kappa shape index (κ3) is 3.32. The van der Waals surface area contributed by atoms with Crippen LogP contribution in [0.3, 0.4) is 0 Å². The maximum Gasteiger partial charge on any atom is 0.167 e. The van der Waals surface area contributed by atoms with Gasteiger partial charge in [0, 0.05) is 18.7 Å². The molecule has 5 heteroatoms. The monoisotopic (exact) mass is 276 g/mol. The summed E-state index contributed by atoms with van der Waals surface area (Å²) in [6, 6.07) is 9.77. The number of halogens is 1. The van der Waals surface area contributed by atoms with E-state index in [1.807, 2.05) is 12.1 Å². The fourth-order valence-corrected chi connectivity index (χ4v) is 1.88. The highest BCUT2D eigenvalue weighted by Crippen LogP contribution is 2.27. The highest BCUT2D eigenvalue weighted by molar-refractivity contribution is 5.68. The Morgan fingerprint density at radius 3 is 2.60 bits per heavy atom. The minimum atomic E-state index is -0.478. The van der Waals surface area contributed by atoms with Crippen molar-refractivity contribution >= 4 is 11.4 Å². The molecular formula is C15H17FN2O2. The van der Waals surface area contributed by atoms with Gasteiger partial charge < -0.3 is 20.9 Å². The van der Waals surface area contributed by atoms with Gasteiger partial charge in [-0.25, -0.2) is 4.39 Å². The van der Waals surface area contributed by atoms with Crippen LogP contribution in [0.15, 0.2) is 36.4 Å². The molecule has 0 atom stereocenters. The molecule has 0 saturated carbocycles. The van der Waals surface area contributed by atoms with Crippen LogP contribution in [0.5, 0.6) is 11.5 Å². The van der Waals surface area contributed by atoms with Crippen molar-refractivity contribution in [3.63, 3.8) is 0 Å². The number of hydrogen-bond acceptors (Lipinski definition) is 4. The van der Waals surface area contributed by atoms with Gasteiger partial charge in [-0.05, 0) is 24.1 Å². The first-order valence-electron chi connectivity index (χ1n) is 6.25. The van der Waals surface area contributed by atoms with Gasteiger partial charge in [0.1, 0.15) is 5.75 Å². The molecule has 20 heavy (non-hydrogen) atoms. The lowest BCUT2D eigenvalue weighted by Crippen LogP contribution is -2.07. The number of ether oxygens (including phenoxy) is 1. The molecule has 0 amide bonds. The Balaban J connectivity index is 1.98. The largest absolute Gasteiger partial charge is 0.508 e. The van der Waals surface area contributed by atoms with Crippen molar-refractivity contribution in [3.8, 4) is 11.5 Å². The number of rotatable bonds is 5. The van der Waals surface area contributed by atoms with Gasteiger partial charge >= 0.3 is 0 Å². The van der Waals surface area contributed by atoms with E-state index in [0.29, 0.717) is 17.9 Å². The van der Waals surface area contributed by atoms with E-state index in [2.05, 4.69) is 5.32 Å². The van der Waals surface area contributed by atoms with E-state index in [4.69, 9.17) is 10.5 Å². The normalized spacial score (nSPS) is 10.3. The van der Waals surface area contributed by atoms with Crippen molar-refractivity contribution in [1.29, 1.82) is 0 Å². The zero-order chi connectivity index (χ0) is 14.5. The number of phenolic OH excluding ortho intramolecular Hbond substituents is 1. The molecule has 2 aromatic rings. The first kappa shape index (κ1) is 14.0. The second-order valence-electron chi connectivity index (χ2n) is 4.42. The molecule has 106 valence electrons. The second-order valence-corrected chi connectivity index (χ2v) is 4.42. The van der Waals surface area contributed by atoms with E-state index in [1.165, 1.54) is 13.2 Å². The van der Waals surface area contributed by atoms with Crippen molar-refractivity contribution in [1.82, 2.24) is 0 Å². The van der Waals surface area contributed by atoms with E-state index in [1.54, 1.807) is 18.2 Å². The number of benzene rings is 2. The van der Waals surface area contributed by atoms with Gasteiger partial charge in [0.05, 0.1) is 18.5 Å². The van der Waals surface area contributed by atoms with Gasteiger partial charge in [-0.1, -0.05) is 12.1 Å². The van der Waals surface area contributed by atoms with Gasteiger partial charge in [0.25, 0.3) is 0 Å². The van der Waals surface area contributed by atoms with Crippen LogP contribution in [-0.2, 0) is 6.42 Å². The molecule has 0 fully saturated rings. The quantitative estimate of drug-likeness (QED) is 0.735. The fourth-order valence-electron chi connectivity index (χ4n) is 1.88. The molecule has 2 rings (SSSR count). The average Bonchev–Trinajstić information content (AvgIpc) is 2.43. The predicted octanol–water partition coefficient (Wildman–Crippen LogP) is 2.78. The number of hydrogen-bond donors (Lipinski definition) is 3. The van der Waals surface area contributed by atoms with Crippen LogP contribution in [0.1, 0.15) is 5.56 Å².